The van der Waals surface area contributed by atoms with E-state index in [2.05, 4.69) is 12.1 Å². The van der Waals surface area contributed by atoms with Crippen molar-refractivity contribution in [3.8, 4) is 0 Å². The molecule has 0 spiro atoms. The van der Waals surface area contributed by atoms with Gasteiger partial charge in [-0.05, 0) is 44.4 Å². The fraction of sp³-hybridized carbons (Fsp3) is 0.875. The third kappa shape index (κ3) is 3.89. The average Bonchev–Trinajstić information content (AvgIpc) is 3.01. The minimum Gasteiger partial charge on any atom is -0.409 e. The number of unbranched alkanes of at least 4 members (excludes halogenated alkanes) is 1. The summed E-state index contributed by atoms with van der Waals surface area (Å²) < 4.78 is 0. The molecule has 2 rings (SSSR count). The quantitative estimate of drug-likeness (QED) is 0.354. The van der Waals surface area contributed by atoms with Crippen LogP contribution in [0.25, 0.3) is 0 Å². The highest BCUT2D eigenvalue weighted by molar-refractivity contribution is 5.91. The number of carbonyl (C=O) groups is 1. The Morgan fingerprint density at radius 1 is 1.29 bits per heavy atom. The van der Waals surface area contributed by atoms with Gasteiger partial charge in [0.15, 0.2) is 5.84 Å². The van der Waals surface area contributed by atoms with Crippen LogP contribution in [-0.4, -0.2) is 34.4 Å². The summed E-state index contributed by atoms with van der Waals surface area (Å²) in [4.78, 5) is 14.5. The van der Waals surface area contributed by atoms with Crippen molar-refractivity contribution in [3.05, 3.63) is 0 Å². The van der Waals surface area contributed by atoms with Gasteiger partial charge in [-0.2, -0.15) is 0 Å². The molecule has 1 atom stereocenters. The Hall–Kier alpha value is -1.26. The number of oxime groups is 1. The van der Waals surface area contributed by atoms with Gasteiger partial charge in [0.2, 0.25) is 5.91 Å². The second kappa shape index (κ2) is 7.66. The van der Waals surface area contributed by atoms with E-state index in [1.165, 1.54) is 32.1 Å². The van der Waals surface area contributed by atoms with Crippen molar-refractivity contribution in [1.82, 2.24) is 4.90 Å². The van der Waals surface area contributed by atoms with Gasteiger partial charge in [-0.25, -0.2) is 0 Å². The first-order valence-electron chi connectivity index (χ1n) is 8.45. The van der Waals surface area contributed by atoms with Gasteiger partial charge in [-0.1, -0.05) is 31.3 Å². The average molecular weight is 295 g/mol. The van der Waals surface area contributed by atoms with Gasteiger partial charge in [0.25, 0.3) is 0 Å². The van der Waals surface area contributed by atoms with Gasteiger partial charge in [-0.3, -0.25) is 4.79 Å². The molecule has 2 aliphatic rings. The van der Waals surface area contributed by atoms with Crippen LogP contribution >= 0.6 is 0 Å². The Bertz CT molecular complexity index is 376. The number of hydrogen-bond acceptors (Lipinski definition) is 3. The highest BCUT2D eigenvalue weighted by atomic mass is 16.4. The van der Waals surface area contributed by atoms with Crippen LogP contribution in [0.2, 0.25) is 0 Å². The zero-order valence-corrected chi connectivity index (χ0v) is 13.1. The van der Waals surface area contributed by atoms with Crippen molar-refractivity contribution in [3.63, 3.8) is 0 Å². The van der Waals surface area contributed by atoms with Crippen LogP contribution in [0.3, 0.4) is 0 Å². The van der Waals surface area contributed by atoms with Gasteiger partial charge in [0.05, 0.1) is 6.04 Å². The molecule has 0 bridgehead atoms. The zero-order valence-electron chi connectivity index (χ0n) is 13.1. The predicted octanol–water partition coefficient (Wildman–Crippen LogP) is 2.72. The predicted molar refractivity (Wildman–Crippen MR) is 83.1 cm³/mol. The van der Waals surface area contributed by atoms with Crippen molar-refractivity contribution in [2.24, 2.45) is 22.7 Å². The summed E-state index contributed by atoms with van der Waals surface area (Å²) in [5.41, 5.74) is 5.72. The highest BCUT2D eigenvalue weighted by Gasteiger charge is 2.36. The fourth-order valence-electron chi connectivity index (χ4n) is 3.83. The molecule has 0 aromatic carbocycles. The summed E-state index contributed by atoms with van der Waals surface area (Å²) in [6, 6.07) is -0.194. The second-order valence-electron chi connectivity index (χ2n) is 6.57. The first kappa shape index (κ1) is 16.1. The van der Waals surface area contributed by atoms with Crippen LogP contribution < -0.4 is 5.73 Å². The Labute approximate surface area is 127 Å². The number of nitrogens with two attached hydrogens (primary N) is 1. The summed E-state index contributed by atoms with van der Waals surface area (Å²) in [6.07, 6.45) is 10.0. The second-order valence-corrected chi connectivity index (χ2v) is 6.57. The maximum Gasteiger partial charge on any atom is 0.226 e. The summed E-state index contributed by atoms with van der Waals surface area (Å²) in [5, 5.41) is 11.9. The SMILES string of the molecule is CCCCC1CCC(C(=O)N2CCCC2C(N)=NO)CC1. The number of hydrogen-bond donors (Lipinski definition) is 2. The Morgan fingerprint density at radius 2 is 2.00 bits per heavy atom. The van der Waals surface area contributed by atoms with Crippen LogP contribution in [0, 0.1) is 11.8 Å². The Morgan fingerprint density at radius 3 is 2.62 bits per heavy atom. The van der Waals surface area contributed by atoms with Crippen LogP contribution in [-0.2, 0) is 4.79 Å². The lowest BCUT2D eigenvalue weighted by molar-refractivity contribution is -0.136. The van der Waals surface area contributed by atoms with E-state index in [-0.39, 0.29) is 23.7 Å². The van der Waals surface area contributed by atoms with Crippen LogP contribution in [0.5, 0.6) is 0 Å². The number of amidine groups is 1. The van der Waals surface area contributed by atoms with Crippen molar-refractivity contribution in [1.29, 1.82) is 0 Å². The molecule has 1 saturated heterocycles. The molecule has 2 fully saturated rings. The van der Waals surface area contributed by atoms with E-state index >= 15 is 0 Å². The summed E-state index contributed by atoms with van der Waals surface area (Å²) in [7, 11) is 0. The van der Waals surface area contributed by atoms with Crippen LogP contribution in [0.15, 0.2) is 5.16 Å². The van der Waals surface area contributed by atoms with Gasteiger partial charge in [0.1, 0.15) is 0 Å². The highest BCUT2D eigenvalue weighted by Crippen LogP contribution is 2.34. The first-order chi connectivity index (χ1) is 10.2. The molecule has 1 saturated carbocycles. The minimum atomic E-state index is -0.194. The van der Waals surface area contributed by atoms with E-state index in [0.29, 0.717) is 0 Å². The standard InChI is InChI=1S/C16H29N3O2/c1-2-3-5-12-7-9-13(10-8-12)16(20)19-11-4-6-14(19)15(17)18-21/h12-14,21H,2-11H2,1H3,(H2,17,18). The summed E-state index contributed by atoms with van der Waals surface area (Å²) >= 11 is 0. The number of rotatable bonds is 5. The van der Waals surface area contributed by atoms with E-state index < -0.39 is 0 Å². The maximum atomic E-state index is 12.7. The molecule has 120 valence electrons. The molecule has 5 nitrogen and oxygen atoms in total. The maximum absolute atomic E-state index is 12.7. The normalized spacial score (nSPS) is 30.6. The third-order valence-electron chi connectivity index (χ3n) is 5.15. The molecule has 0 aromatic heterocycles. The Balaban J connectivity index is 1.87. The van der Waals surface area contributed by atoms with Gasteiger partial charge in [-0.15, -0.1) is 0 Å². The van der Waals surface area contributed by atoms with Crippen LogP contribution in [0.1, 0.15) is 64.7 Å². The lowest BCUT2D eigenvalue weighted by atomic mass is 9.79. The molecule has 0 aromatic rings. The summed E-state index contributed by atoms with van der Waals surface area (Å²) in [5.74, 6) is 1.36. The fourth-order valence-corrected chi connectivity index (χ4v) is 3.83. The molecule has 0 radical (unpaired) electrons. The largest absolute Gasteiger partial charge is 0.409 e. The molecule has 1 amide bonds. The lowest BCUT2D eigenvalue weighted by Crippen LogP contribution is -2.46. The lowest BCUT2D eigenvalue weighted by Gasteiger charge is -2.32. The number of likely N-dealkylation sites (tertiary alicyclic amines) is 1. The monoisotopic (exact) mass is 295 g/mol. The molecule has 1 aliphatic heterocycles. The molecule has 21 heavy (non-hydrogen) atoms. The number of nitrogens with zero attached hydrogens (tertiary/aromatic N) is 2. The van der Waals surface area contributed by atoms with Gasteiger partial charge in [0, 0.05) is 12.5 Å². The van der Waals surface area contributed by atoms with E-state index in [0.717, 1.165) is 38.1 Å². The Kier molecular flexibility index (Phi) is 5.88. The van der Waals surface area contributed by atoms with E-state index in [1.807, 2.05) is 4.90 Å². The third-order valence-corrected chi connectivity index (χ3v) is 5.15. The smallest absolute Gasteiger partial charge is 0.226 e. The molecule has 1 heterocycles. The molecule has 5 heteroatoms. The number of amides is 1. The van der Waals surface area contributed by atoms with Gasteiger partial charge < -0.3 is 15.8 Å². The van der Waals surface area contributed by atoms with E-state index in [4.69, 9.17) is 10.9 Å². The minimum absolute atomic E-state index is 0.148. The topological polar surface area (TPSA) is 78.9 Å². The van der Waals surface area contributed by atoms with Crippen molar-refractivity contribution < 1.29 is 10.0 Å². The molecular weight excluding hydrogens is 266 g/mol. The molecule has 1 aliphatic carbocycles. The zero-order chi connectivity index (χ0) is 15.2. The first-order valence-corrected chi connectivity index (χ1v) is 8.45. The molecule has 1 unspecified atom stereocenters. The van der Waals surface area contributed by atoms with Crippen LogP contribution in [0.4, 0.5) is 0 Å². The van der Waals surface area contributed by atoms with E-state index in [1.54, 1.807) is 0 Å². The van der Waals surface area contributed by atoms with Gasteiger partial charge >= 0.3 is 0 Å². The van der Waals surface area contributed by atoms with E-state index in [9.17, 15) is 4.79 Å². The summed E-state index contributed by atoms with van der Waals surface area (Å²) in [6.45, 7) is 2.98. The molecular formula is C16H29N3O2. The van der Waals surface area contributed by atoms with Crippen molar-refractivity contribution in [2.75, 3.05) is 6.54 Å². The number of carbonyl (C=O) groups excluding carboxylic acids is 1. The molecule has 3 N–H and O–H groups in total. The van der Waals surface area contributed by atoms with Crippen molar-refractivity contribution >= 4 is 11.7 Å². The van der Waals surface area contributed by atoms with Crippen molar-refractivity contribution in [2.45, 2.75) is 70.8 Å².